The van der Waals surface area contributed by atoms with Crippen LogP contribution in [0.1, 0.15) is 38.0 Å². The van der Waals surface area contributed by atoms with Gasteiger partial charge in [-0.2, -0.15) is 11.8 Å². The molecule has 2 N–H and O–H groups in total. The number of Topliss-reactive ketones (excluding diaryl/α,β-unsaturated/α-hetero) is 1. The number of aromatic nitrogens is 2. The van der Waals surface area contributed by atoms with Crippen LogP contribution in [-0.4, -0.2) is 64.7 Å². The number of hydrogen-bond acceptors (Lipinski definition) is 9. The van der Waals surface area contributed by atoms with E-state index < -0.39 is 41.0 Å². The fourth-order valence-corrected chi connectivity index (χ4v) is 7.24. The molecule has 48 heavy (non-hydrogen) atoms. The van der Waals surface area contributed by atoms with Crippen molar-refractivity contribution in [3.05, 3.63) is 95.2 Å². The van der Waals surface area contributed by atoms with Gasteiger partial charge in [0.15, 0.2) is 30.4 Å². The van der Waals surface area contributed by atoms with Gasteiger partial charge >= 0.3 is 12.1 Å². The molecular formula is C34H37IN4O8S. The van der Waals surface area contributed by atoms with E-state index in [4.69, 9.17) is 14.2 Å². The van der Waals surface area contributed by atoms with Crippen LogP contribution in [0.15, 0.2) is 84.1 Å². The molecule has 12 nitrogen and oxygen atoms in total. The lowest BCUT2D eigenvalue weighted by Crippen LogP contribution is -3.00. The zero-order valence-electron chi connectivity index (χ0n) is 26.7. The van der Waals surface area contributed by atoms with E-state index in [0.717, 1.165) is 11.1 Å². The van der Waals surface area contributed by atoms with E-state index in [2.05, 4.69) is 10.6 Å². The Balaban J connectivity index is 0.00000520. The van der Waals surface area contributed by atoms with Gasteiger partial charge in [0.05, 0.1) is 17.6 Å². The fourth-order valence-electron chi connectivity index (χ4n) is 5.74. The van der Waals surface area contributed by atoms with E-state index in [-0.39, 0.29) is 55.0 Å². The number of alkyl carbamates (subject to hydrolysis) is 1. The normalized spacial score (nSPS) is 18.5. The first-order valence-electron chi connectivity index (χ1n) is 15.1. The SMILES string of the molecule is CC(C)(C)OC(=O)NC1C(=O)C2C(C(=O)OC(c3ccccc3)c3ccccc3)=C(C[n+]3ccc(NC=O)n3CCOC=O)CSC12.[I-]. The minimum absolute atomic E-state index is 0. The maximum Gasteiger partial charge on any atom is 0.408 e. The van der Waals surface area contributed by atoms with Crippen molar-refractivity contribution in [2.45, 2.75) is 56.9 Å². The number of nitrogens with one attached hydrogen (secondary N) is 2. The molecule has 1 fully saturated rings. The molecule has 1 aliphatic carbocycles. The van der Waals surface area contributed by atoms with Crippen molar-refractivity contribution < 1.29 is 66.8 Å². The van der Waals surface area contributed by atoms with Crippen molar-refractivity contribution >= 4 is 48.3 Å². The van der Waals surface area contributed by atoms with Crippen LogP contribution >= 0.6 is 11.8 Å². The molecule has 0 radical (unpaired) electrons. The van der Waals surface area contributed by atoms with Crippen LogP contribution in [0.3, 0.4) is 0 Å². The Morgan fingerprint density at radius 2 is 1.69 bits per heavy atom. The Bertz CT molecular complexity index is 1620. The van der Waals surface area contributed by atoms with Gasteiger partial charge < -0.3 is 48.8 Å². The second-order valence-corrected chi connectivity index (χ2v) is 13.2. The van der Waals surface area contributed by atoms with Gasteiger partial charge in [0.2, 0.25) is 6.41 Å². The van der Waals surface area contributed by atoms with Crippen molar-refractivity contribution in [1.82, 2.24) is 10.00 Å². The molecule has 2 heterocycles. The molecule has 3 aromatic rings. The Morgan fingerprint density at radius 1 is 1.04 bits per heavy atom. The predicted molar refractivity (Wildman–Crippen MR) is 172 cm³/mol. The molecule has 1 aliphatic heterocycles. The number of thioether (sulfide) groups is 1. The summed E-state index contributed by atoms with van der Waals surface area (Å²) in [6, 6.07) is 19.6. The van der Waals surface area contributed by atoms with Crippen LogP contribution in [0, 0.1) is 5.92 Å². The molecule has 1 saturated carbocycles. The summed E-state index contributed by atoms with van der Waals surface area (Å²) in [6.45, 7) is 6.00. The van der Waals surface area contributed by atoms with Crippen molar-refractivity contribution in [2.24, 2.45) is 5.92 Å². The number of ketones is 1. The third kappa shape index (κ3) is 8.45. The van der Waals surface area contributed by atoms with E-state index in [1.165, 1.54) is 11.8 Å². The average Bonchev–Trinajstić information content (AvgIpc) is 3.42. The molecule has 3 unspecified atom stereocenters. The first-order valence-corrected chi connectivity index (χ1v) is 16.2. The number of carbonyl (C=O) groups excluding carboxylic acids is 5. The molecule has 14 heteroatoms. The van der Waals surface area contributed by atoms with E-state index in [1.807, 2.05) is 60.7 Å². The summed E-state index contributed by atoms with van der Waals surface area (Å²) >= 11 is 1.47. The van der Waals surface area contributed by atoms with Crippen LogP contribution in [0.4, 0.5) is 10.6 Å². The number of ether oxygens (including phenoxy) is 3. The van der Waals surface area contributed by atoms with Crippen molar-refractivity contribution in [2.75, 3.05) is 17.7 Å². The number of amides is 2. The monoisotopic (exact) mass is 788 g/mol. The third-order valence-electron chi connectivity index (χ3n) is 7.78. The van der Waals surface area contributed by atoms with Crippen molar-refractivity contribution in [3.63, 3.8) is 0 Å². The molecule has 0 bridgehead atoms. The summed E-state index contributed by atoms with van der Waals surface area (Å²) in [5.41, 5.74) is 1.69. The maximum atomic E-state index is 14.3. The minimum atomic E-state index is -0.830. The van der Waals surface area contributed by atoms with Gasteiger partial charge in [0.25, 0.3) is 6.47 Å². The molecule has 2 aromatic carbocycles. The summed E-state index contributed by atoms with van der Waals surface area (Å²) in [4.78, 5) is 62.7. The zero-order valence-corrected chi connectivity index (χ0v) is 29.6. The van der Waals surface area contributed by atoms with Crippen LogP contribution < -0.4 is 39.3 Å². The number of hydrogen-bond donors (Lipinski definition) is 2. The number of rotatable bonds is 13. The van der Waals surface area contributed by atoms with Gasteiger partial charge in [-0.05, 0) is 31.9 Å². The Hall–Kier alpha value is -4.18. The standard InChI is InChI=1S/C34H36N4O8S.HI/c1-34(2,3)46-33(43)36-28-29(41)27-26(32(42)45-30(22-10-6-4-7-11-22)23-12-8-5-9-13-23)24(19-47-31(27)28)18-37-15-14-25(35-20-39)38(37)16-17-44-21-40;/h4-15,20-21,27-28,30-31H,16-19H2,1-3H3,(H,36,43);1H. The quantitative estimate of drug-likeness (QED) is 0.0627. The average molecular weight is 789 g/mol. The summed E-state index contributed by atoms with van der Waals surface area (Å²) < 4.78 is 20.0. The molecule has 0 spiro atoms. The van der Waals surface area contributed by atoms with Crippen molar-refractivity contribution in [1.29, 1.82) is 0 Å². The molecule has 1 aromatic heterocycles. The highest BCUT2D eigenvalue weighted by atomic mass is 127. The predicted octanol–water partition coefficient (Wildman–Crippen LogP) is 0.358. The highest BCUT2D eigenvalue weighted by molar-refractivity contribution is 8.00. The number of nitrogens with zero attached hydrogens (tertiary/aromatic N) is 2. The number of halogens is 1. The smallest absolute Gasteiger partial charge is 0.408 e. The van der Waals surface area contributed by atoms with E-state index in [1.54, 1.807) is 42.4 Å². The lowest BCUT2D eigenvalue weighted by molar-refractivity contribution is -0.767. The molecule has 254 valence electrons. The minimum Gasteiger partial charge on any atom is -1.00 e. The Labute approximate surface area is 299 Å². The van der Waals surface area contributed by atoms with Gasteiger partial charge in [-0.15, -0.1) is 9.36 Å². The molecule has 3 atom stereocenters. The molecular weight excluding hydrogens is 751 g/mol. The van der Waals surface area contributed by atoms with Gasteiger partial charge in [-0.3, -0.25) is 14.4 Å². The highest BCUT2D eigenvalue weighted by Crippen LogP contribution is 2.46. The second kappa shape index (κ2) is 16.3. The number of benzene rings is 2. The zero-order chi connectivity index (χ0) is 33.6. The number of fused-ring (bicyclic) bond motifs is 1. The summed E-state index contributed by atoms with van der Waals surface area (Å²) in [5, 5.41) is 4.92. The number of carbonyl (C=O) groups is 5. The van der Waals surface area contributed by atoms with E-state index >= 15 is 0 Å². The summed E-state index contributed by atoms with van der Waals surface area (Å²) in [7, 11) is 0. The number of anilines is 1. The number of esters is 1. The van der Waals surface area contributed by atoms with Crippen LogP contribution in [0.25, 0.3) is 0 Å². The van der Waals surface area contributed by atoms with Crippen LogP contribution in [-0.2, 0) is 46.5 Å². The van der Waals surface area contributed by atoms with Gasteiger partial charge in [0, 0.05) is 16.6 Å². The molecule has 2 amide bonds. The van der Waals surface area contributed by atoms with E-state index in [9.17, 15) is 24.0 Å². The lowest BCUT2D eigenvalue weighted by atomic mass is 9.71. The van der Waals surface area contributed by atoms with Crippen LogP contribution in [0.5, 0.6) is 0 Å². The summed E-state index contributed by atoms with van der Waals surface area (Å²) in [6.07, 6.45) is 0.824. The van der Waals surface area contributed by atoms with E-state index in [0.29, 0.717) is 30.0 Å². The molecule has 0 saturated heterocycles. The van der Waals surface area contributed by atoms with Gasteiger partial charge in [-0.1, -0.05) is 60.7 Å². The lowest BCUT2D eigenvalue weighted by Gasteiger charge is -2.46. The first-order chi connectivity index (χ1) is 22.6. The van der Waals surface area contributed by atoms with Crippen molar-refractivity contribution in [3.8, 4) is 0 Å². The van der Waals surface area contributed by atoms with Gasteiger partial charge in [-0.25, -0.2) is 9.59 Å². The fraction of sp³-hybridized carbons (Fsp3) is 0.353. The van der Waals surface area contributed by atoms with Crippen LogP contribution in [0.2, 0.25) is 0 Å². The highest BCUT2D eigenvalue weighted by Gasteiger charge is 2.57. The second-order valence-electron chi connectivity index (χ2n) is 12.1. The van der Waals surface area contributed by atoms with Gasteiger partial charge in [0.1, 0.15) is 24.8 Å². The molecule has 2 aliphatic rings. The topological polar surface area (TPSA) is 146 Å². The Kier molecular flexibility index (Phi) is 12.4. The maximum absolute atomic E-state index is 14.3. The summed E-state index contributed by atoms with van der Waals surface area (Å²) in [5.74, 6) is -0.942. The largest absolute Gasteiger partial charge is 1.00 e. The third-order valence-corrected chi connectivity index (χ3v) is 9.22. The first kappa shape index (κ1) is 36.7. The Morgan fingerprint density at radius 3 is 2.27 bits per heavy atom. The molecule has 5 rings (SSSR count).